The zero-order chi connectivity index (χ0) is 13.1. The first kappa shape index (κ1) is 14.1. The molecule has 0 heterocycles. The Labute approximate surface area is 124 Å². The van der Waals surface area contributed by atoms with Crippen LogP contribution < -0.4 is 0 Å². The van der Waals surface area contributed by atoms with E-state index in [0.717, 1.165) is 12.8 Å². The number of hydrogen-bond donors (Lipinski definition) is 1. The van der Waals surface area contributed by atoms with E-state index in [0.29, 0.717) is 11.2 Å². The molecule has 98 valence electrons. The maximum atomic E-state index is 11.4. The molecule has 1 saturated carbocycles. The normalized spacial score (nSPS) is 32.1. The van der Waals surface area contributed by atoms with Crippen LogP contribution in [-0.2, 0) is 11.2 Å². The van der Waals surface area contributed by atoms with Crippen molar-refractivity contribution in [2.24, 2.45) is 11.8 Å². The van der Waals surface area contributed by atoms with Crippen LogP contribution in [0.4, 0.5) is 0 Å². The van der Waals surface area contributed by atoms with Gasteiger partial charge in [0, 0.05) is 9.65 Å². The van der Waals surface area contributed by atoms with E-state index in [-0.39, 0.29) is 16.7 Å². The van der Waals surface area contributed by atoms with Crippen LogP contribution in [0.2, 0.25) is 0 Å². The first-order chi connectivity index (χ1) is 8.58. The number of carboxylic acids is 1. The molecule has 2 rings (SSSR count). The van der Waals surface area contributed by atoms with Crippen LogP contribution >= 0.6 is 31.9 Å². The van der Waals surface area contributed by atoms with Gasteiger partial charge in [-0.3, -0.25) is 4.79 Å². The highest BCUT2D eigenvalue weighted by atomic mass is 79.9. The van der Waals surface area contributed by atoms with Gasteiger partial charge in [-0.2, -0.15) is 0 Å². The van der Waals surface area contributed by atoms with Crippen LogP contribution in [0, 0.1) is 11.8 Å². The molecule has 0 radical (unpaired) electrons. The van der Waals surface area contributed by atoms with E-state index in [1.165, 1.54) is 5.56 Å². The number of carbonyl (C=O) groups is 1. The maximum absolute atomic E-state index is 11.4. The van der Waals surface area contributed by atoms with Gasteiger partial charge in [0.2, 0.25) is 0 Å². The fourth-order valence-electron chi connectivity index (χ4n) is 2.63. The lowest BCUT2D eigenvalue weighted by Crippen LogP contribution is -2.37. The van der Waals surface area contributed by atoms with Gasteiger partial charge < -0.3 is 5.11 Å². The number of carboxylic acid groups (broad SMARTS) is 1. The number of halogens is 2. The van der Waals surface area contributed by atoms with E-state index in [9.17, 15) is 9.90 Å². The lowest BCUT2D eigenvalue weighted by atomic mass is 9.76. The molecule has 4 heteroatoms. The summed E-state index contributed by atoms with van der Waals surface area (Å²) in [6, 6.07) is 10.1. The summed E-state index contributed by atoms with van der Waals surface area (Å²) in [5.41, 5.74) is 1.22. The molecular weight excluding hydrogens is 360 g/mol. The fraction of sp³-hybridized carbons (Fsp3) is 0.500. The second kappa shape index (κ2) is 6.20. The van der Waals surface area contributed by atoms with Gasteiger partial charge in [-0.15, -0.1) is 0 Å². The zero-order valence-electron chi connectivity index (χ0n) is 9.93. The minimum atomic E-state index is -0.667. The first-order valence-electron chi connectivity index (χ1n) is 6.12. The summed E-state index contributed by atoms with van der Waals surface area (Å²) in [4.78, 5) is 12.0. The summed E-state index contributed by atoms with van der Waals surface area (Å²) in [5, 5.41) is 9.35. The SMILES string of the molecule is O=C(O)[C@@H]1C[C@@H](Br)[C@@H](Br)C[C@H]1Cc1ccccc1. The Hall–Kier alpha value is -0.350. The fourth-order valence-corrected chi connectivity index (χ4v) is 3.94. The minimum absolute atomic E-state index is 0.211. The summed E-state index contributed by atoms with van der Waals surface area (Å²) < 4.78 is 0. The predicted octanol–water partition coefficient (Wildman–Crippen LogP) is 3.87. The van der Waals surface area contributed by atoms with E-state index in [2.05, 4.69) is 44.0 Å². The molecule has 0 aliphatic heterocycles. The van der Waals surface area contributed by atoms with Crippen LogP contribution in [-0.4, -0.2) is 20.7 Å². The predicted molar refractivity (Wildman–Crippen MR) is 79.4 cm³/mol. The zero-order valence-corrected chi connectivity index (χ0v) is 13.1. The van der Waals surface area contributed by atoms with E-state index in [4.69, 9.17) is 0 Å². The lowest BCUT2D eigenvalue weighted by molar-refractivity contribution is -0.144. The molecule has 0 bridgehead atoms. The number of alkyl halides is 2. The molecule has 1 aliphatic rings. The third-order valence-corrected chi connectivity index (χ3v) is 6.36. The van der Waals surface area contributed by atoms with Crippen molar-refractivity contribution in [3.63, 3.8) is 0 Å². The lowest BCUT2D eigenvalue weighted by Gasteiger charge is -2.35. The highest BCUT2D eigenvalue weighted by Crippen LogP contribution is 2.39. The first-order valence-corrected chi connectivity index (χ1v) is 7.96. The van der Waals surface area contributed by atoms with Gasteiger partial charge in [-0.25, -0.2) is 0 Å². The molecule has 0 amide bonds. The summed E-state index contributed by atoms with van der Waals surface area (Å²) in [5.74, 6) is -0.703. The second-order valence-electron chi connectivity index (χ2n) is 4.90. The third kappa shape index (κ3) is 3.35. The summed E-state index contributed by atoms with van der Waals surface area (Å²) in [6.45, 7) is 0. The topological polar surface area (TPSA) is 37.3 Å². The number of hydrogen-bond acceptors (Lipinski definition) is 1. The van der Waals surface area contributed by atoms with E-state index in [1.807, 2.05) is 18.2 Å². The highest BCUT2D eigenvalue weighted by Gasteiger charge is 2.38. The van der Waals surface area contributed by atoms with Gasteiger partial charge in [0.1, 0.15) is 0 Å². The molecule has 1 aromatic carbocycles. The molecule has 2 nitrogen and oxygen atoms in total. The Bertz CT molecular complexity index is 408. The molecule has 1 N–H and O–H groups in total. The smallest absolute Gasteiger partial charge is 0.306 e. The van der Waals surface area contributed by atoms with Crippen LogP contribution in [0.15, 0.2) is 30.3 Å². The van der Waals surface area contributed by atoms with E-state index < -0.39 is 5.97 Å². The van der Waals surface area contributed by atoms with Crippen LogP contribution in [0.5, 0.6) is 0 Å². The second-order valence-corrected chi connectivity index (χ2v) is 7.25. The minimum Gasteiger partial charge on any atom is -0.481 e. The number of benzene rings is 1. The van der Waals surface area contributed by atoms with Gasteiger partial charge in [-0.1, -0.05) is 62.2 Å². The number of aliphatic carboxylic acids is 1. The van der Waals surface area contributed by atoms with E-state index in [1.54, 1.807) is 0 Å². The highest BCUT2D eigenvalue weighted by molar-refractivity contribution is 9.12. The van der Waals surface area contributed by atoms with Crippen LogP contribution in [0.25, 0.3) is 0 Å². The van der Waals surface area contributed by atoms with Gasteiger partial charge in [0.15, 0.2) is 0 Å². The van der Waals surface area contributed by atoms with Crippen molar-refractivity contribution in [1.29, 1.82) is 0 Å². The average molecular weight is 376 g/mol. The van der Waals surface area contributed by atoms with Crippen LogP contribution in [0.3, 0.4) is 0 Å². The Morgan fingerprint density at radius 3 is 2.39 bits per heavy atom. The van der Waals surface area contributed by atoms with Gasteiger partial charge >= 0.3 is 5.97 Å². The van der Waals surface area contributed by atoms with Crippen LogP contribution in [0.1, 0.15) is 18.4 Å². The Kier molecular flexibility index (Phi) is 4.84. The van der Waals surface area contributed by atoms with Gasteiger partial charge in [-0.05, 0) is 30.7 Å². The van der Waals surface area contributed by atoms with Crippen molar-refractivity contribution < 1.29 is 9.90 Å². The molecule has 0 unspecified atom stereocenters. The average Bonchev–Trinajstić information content (AvgIpc) is 2.34. The largest absolute Gasteiger partial charge is 0.481 e. The standard InChI is InChI=1S/C14H16Br2O2/c15-12-7-10(6-9-4-2-1-3-5-9)11(14(17)18)8-13(12)16/h1-5,10-13H,6-8H2,(H,17,18)/t10-,11-,12+,13-/m1/s1. The molecule has 0 saturated heterocycles. The molecule has 18 heavy (non-hydrogen) atoms. The third-order valence-electron chi connectivity index (χ3n) is 3.63. The summed E-state index contributed by atoms with van der Waals surface area (Å²) in [7, 11) is 0. The van der Waals surface area contributed by atoms with Crippen molar-refractivity contribution in [2.45, 2.75) is 28.9 Å². The molecule has 0 aromatic heterocycles. The van der Waals surface area contributed by atoms with Crippen molar-refractivity contribution in [1.82, 2.24) is 0 Å². The van der Waals surface area contributed by atoms with Crippen molar-refractivity contribution in [2.75, 3.05) is 0 Å². The quantitative estimate of drug-likeness (QED) is 0.814. The molecule has 4 atom stereocenters. The van der Waals surface area contributed by atoms with Crippen molar-refractivity contribution in [3.8, 4) is 0 Å². The molecule has 1 aliphatic carbocycles. The Morgan fingerprint density at radius 2 is 1.78 bits per heavy atom. The van der Waals surface area contributed by atoms with Crippen molar-refractivity contribution >= 4 is 37.8 Å². The molecule has 0 spiro atoms. The molecule has 1 aromatic rings. The monoisotopic (exact) mass is 374 g/mol. The van der Waals surface area contributed by atoms with Gasteiger partial charge in [0.05, 0.1) is 5.92 Å². The summed E-state index contributed by atoms with van der Waals surface area (Å²) >= 11 is 7.21. The Balaban J connectivity index is 2.11. The maximum Gasteiger partial charge on any atom is 0.306 e. The summed E-state index contributed by atoms with van der Waals surface area (Å²) in [6.07, 6.45) is 2.45. The van der Waals surface area contributed by atoms with Crippen molar-refractivity contribution in [3.05, 3.63) is 35.9 Å². The number of rotatable bonds is 3. The Morgan fingerprint density at radius 1 is 1.17 bits per heavy atom. The van der Waals surface area contributed by atoms with Gasteiger partial charge in [0.25, 0.3) is 0 Å². The van der Waals surface area contributed by atoms with E-state index >= 15 is 0 Å². The molecular formula is C14H16Br2O2. The molecule has 1 fully saturated rings.